The van der Waals surface area contributed by atoms with Crippen molar-refractivity contribution < 1.29 is 22.7 Å². The number of aromatic nitrogens is 2. The summed E-state index contributed by atoms with van der Waals surface area (Å²) in [6.45, 7) is -0.255. The largest absolute Gasteiger partial charge is 0.416 e. The highest BCUT2D eigenvalue weighted by molar-refractivity contribution is 5.93. The van der Waals surface area contributed by atoms with Gasteiger partial charge in [-0.25, -0.2) is 4.68 Å². The molecule has 21 heavy (non-hydrogen) atoms. The normalized spacial score (nSPS) is 11.4. The van der Waals surface area contributed by atoms with Gasteiger partial charge in [0, 0.05) is 19.5 Å². The number of carbonyl (C=O) groups is 1. The lowest BCUT2D eigenvalue weighted by atomic mass is 10.1. The molecule has 0 aliphatic rings. The van der Waals surface area contributed by atoms with Gasteiger partial charge in [-0.05, 0) is 24.3 Å². The Hall–Kier alpha value is -2.35. The highest BCUT2D eigenvalue weighted by atomic mass is 19.4. The van der Waals surface area contributed by atoms with Crippen LogP contribution in [0.4, 0.5) is 18.9 Å². The van der Waals surface area contributed by atoms with Crippen LogP contribution < -0.4 is 5.32 Å². The van der Waals surface area contributed by atoms with E-state index in [9.17, 15) is 18.0 Å². The van der Waals surface area contributed by atoms with Crippen LogP contribution in [0.15, 0.2) is 36.7 Å². The summed E-state index contributed by atoms with van der Waals surface area (Å²) >= 11 is 0. The van der Waals surface area contributed by atoms with Crippen LogP contribution in [0, 0.1) is 0 Å². The molecule has 0 saturated carbocycles. The average molecular weight is 299 g/mol. The summed E-state index contributed by atoms with van der Waals surface area (Å²) in [6.07, 6.45) is -1.45. The van der Waals surface area contributed by atoms with Gasteiger partial charge in [0.15, 0.2) is 0 Å². The number of rotatable bonds is 4. The van der Waals surface area contributed by atoms with E-state index >= 15 is 0 Å². The molecular weight excluding hydrogens is 287 g/mol. The first-order valence-corrected chi connectivity index (χ1v) is 5.92. The molecule has 0 aliphatic carbocycles. The molecule has 1 heterocycles. The number of amides is 1. The Morgan fingerprint density at radius 1 is 1.43 bits per heavy atom. The number of nitrogens with one attached hydrogen (secondary N) is 1. The summed E-state index contributed by atoms with van der Waals surface area (Å²) in [7, 11) is 1.32. The molecule has 1 amide bonds. The van der Waals surface area contributed by atoms with Gasteiger partial charge in [0.25, 0.3) is 0 Å². The van der Waals surface area contributed by atoms with E-state index in [4.69, 9.17) is 0 Å². The Bertz CT molecular complexity index is 624. The number of hydrogen-bond donors (Lipinski definition) is 1. The molecule has 0 fully saturated rings. The zero-order valence-corrected chi connectivity index (χ0v) is 11.0. The number of benzene rings is 1. The van der Waals surface area contributed by atoms with Gasteiger partial charge in [0.1, 0.15) is 6.61 Å². The second kappa shape index (κ2) is 5.96. The standard InChI is InChI=1S/C13H12F3N3O2/c1-21-8-12(20)18-10-7-9(13(14,15)16)3-4-11(10)19-6-2-5-17-19/h2-7H,8H2,1H3,(H,18,20). The molecule has 0 radical (unpaired) electrons. The van der Waals surface area contributed by atoms with Crippen LogP contribution in [0.1, 0.15) is 5.56 Å². The Morgan fingerprint density at radius 2 is 2.19 bits per heavy atom. The number of methoxy groups -OCH3 is 1. The third kappa shape index (κ3) is 3.60. The summed E-state index contributed by atoms with van der Waals surface area (Å²) in [5, 5.41) is 6.33. The van der Waals surface area contributed by atoms with E-state index in [1.807, 2.05) is 0 Å². The van der Waals surface area contributed by atoms with E-state index in [1.165, 1.54) is 24.1 Å². The summed E-state index contributed by atoms with van der Waals surface area (Å²) in [5.74, 6) is -0.551. The highest BCUT2D eigenvalue weighted by Crippen LogP contribution is 2.33. The van der Waals surface area contributed by atoms with Gasteiger partial charge in [0.05, 0.1) is 16.9 Å². The molecule has 1 aromatic heterocycles. The van der Waals surface area contributed by atoms with Crippen molar-refractivity contribution in [1.82, 2.24) is 9.78 Å². The molecule has 0 atom stereocenters. The quantitative estimate of drug-likeness (QED) is 0.943. The van der Waals surface area contributed by atoms with Gasteiger partial charge in [-0.2, -0.15) is 18.3 Å². The maximum absolute atomic E-state index is 12.8. The molecule has 2 aromatic rings. The van der Waals surface area contributed by atoms with Gasteiger partial charge in [0.2, 0.25) is 5.91 Å². The Kier molecular flexibility index (Phi) is 4.27. The van der Waals surface area contributed by atoms with Crippen LogP contribution >= 0.6 is 0 Å². The molecule has 0 spiro atoms. The third-order valence-electron chi connectivity index (χ3n) is 2.62. The van der Waals surface area contributed by atoms with Crippen molar-refractivity contribution in [3.05, 3.63) is 42.2 Å². The molecule has 2 rings (SSSR count). The molecule has 0 aliphatic heterocycles. The molecule has 5 nitrogen and oxygen atoms in total. The molecule has 8 heteroatoms. The number of halogens is 3. The van der Waals surface area contributed by atoms with Crippen LogP contribution in [-0.4, -0.2) is 29.4 Å². The minimum Gasteiger partial charge on any atom is -0.375 e. The predicted octanol–water partition coefficient (Wildman–Crippen LogP) is 2.48. The molecule has 1 N–H and O–H groups in total. The number of ether oxygens (including phenoxy) is 1. The summed E-state index contributed by atoms with van der Waals surface area (Å²) in [4.78, 5) is 11.5. The minimum atomic E-state index is -4.50. The summed E-state index contributed by atoms with van der Waals surface area (Å²) in [6, 6.07) is 4.67. The van der Waals surface area contributed by atoms with Gasteiger partial charge in [-0.15, -0.1) is 0 Å². The van der Waals surface area contributed by atoms with Crippen molar-refractivity contribution in [2.45, 2.75) is 6.18 Å². The van der Waals surface area contributed by atoms with Crippen molar-refractivity contribution in [1.29, 1.82) is 0 Å². The smallest absolute Gasteiger partial charge is 0.375 e. The number of hydrogen-bond acceptors (Lipinski definition) is 3. The monoisotopic (exact) mass is 299 g/mol. The lowest BCUT2D eigenvalue weighted by Crippen LogP contribution is -2.19. The van der Waals surface area contributed by atoms with Gasteiger partial charge < -0.3 is 10.1 Å². The minimum absolute atomic E-state index is 0.00979. The molecular formula is C13H12F3N3O2. The number of alkyl halides is 3. The molecule has 1 aromatic carbocycles. The predicted molar refractivity (Wildman–Crippen MR) is 69.1 cm³/mol. The second-order valence-corrected chi connectivity index (χ2v) is 4.16. The average Bonchev–Trinajstić information content (AvgIpc) is 2.91. The second-order valence-electron chi connectivity index (χ2n) is 4.16. The third-order valence-corrected chi connectivity index (χ3v) is 2.62. The van der Waals surface area contributed by atoms with Crippen molar-refractivity contribution in [2.24, 2.45) is 0 Å². The lowest BCUT2D eigenvalue weighted by molar-refractivity contribution is -0.137. The van der Waals surface area contributed by atoms with Crippen LogP contribution in [0.2, 0.25) is 0 Å². The fourth-order valence-corrected chi connectivity index (χ4v) is 1.74. The van der Waals surface area contributed by atoms with Crippen LogP contribution in [-0.2, 0) is 15.7 Å². The van der Waals surface area contributed by atoms with E-state index in [0.717, 1.165) is 12.1 Å². The summed E-state index contributed by atoms with van der Waals surface area (Å²) < 4.78 is 44.3. The van der Waals surface area contributed by atoms with Crippen LogP contribution in [0.5, 0.6) is 0 Å². The maximum Gasteiger partial charge on any atom is 0.416 e. The molecule has 0 saturated heterocycles. The molecule has 112 valence electrons. The van der Waals surface area contributed by atoms with E-state index in [-0.39, 0.29) is 12.3 Å². The zero-order chi connectivity index (χ0) is 15.5. The number of anilines is 1. The van der Waals surface area contributed by atoms with Crippen molar-refractivity contribution in [3.8, 4) is 5.69 Å². The van der Waals surface area contributed by atoms with Gasteiger partial charge >= 0.3 is 6.18 Å². The topological polar surface area (TPSA) is 56.1 Å². The van der Waals surface area contributed by atoms with Crippen LogP contribution in [0.25, 0.3) is 5.69 Å². The first-order valence-electron chi connectivity index (χ1n) is 5.92. The Labute approximate surface area is 118 Å². The van der Waals surface area contributed by atoms with Gasteiger partial charge in [-0.3, -0.25) is 4.79 Å². The molecule has 0 unspecified atom stereocenters. The Morgan fingerprint density at radius 3 is 2.76 bits per heavy atom. The van der Waals surface area contributed by atoms with E-state index in [0.29, 0.717) is 5.69 Å². The van der Waals surface area contributed by atoms with Crippen LogP contribution in [0.3, 0.4) is 0 Å². The first-order chi connectivity index (χ1) is 9.91. The SMILES string of the molecule is COCC(=O)Nc1cc(C(F)(F)F)ccc1-n1cccn1. The van der Waals surface area contributed by atoms with Crippen molar-refractivity contribution in [3.63, 3.8) is 0 Å². The fourth-order valence-electron chi connectivity index (χ4n) is 1.74. The molecule has 0 bridgehead atoms. The van der Waals surface area contributed by atoms with E-state index in [1.54, 1.807) is 12.3 Å². The maximum atomic E-state index is 12.8. The van der Waals surface area contributed by atoms with E-state index in [2.05, 4.69) is 15.2 Å². The Balaban J connectivity index is 2.43. The first kappa shape index (κ1) is 15.0. The summed E-state index contributed by atoms with van der Waals surface area (Å²) in [5.41, 5.74) is -0.515. The number of carbonyl (C=O) groups excluding carboxylic acids is 1. The van der Waals surface area contributed by atoms with Gasteiger partial charge in [-0.1, -0.05) is 0 Å². The highest BCUT2D eigenvalue weighted by Gasteiger charge is 2.31. The van der Waals surface area contributed by atoms with Crippen molar-refractivity contribution in [2.75, 3.05) is 19.0 Å². The van der Waals surface area contributed by atoms with E-state index < -0.39 is 17.6 Å². The van der Waals surface area contributed by atoms with Crippen molar-refractivity contribution >= 4 is 11.6 Å². The lowest BCUT2D eigenvalue weighted by Gasteiger charge is -2.14. The zero-order valence-electron chi connectivity index (χ0n) is 11.0. The number of nitrogens with zero attached hydrogens (tertiary/aromatic N) is 2. The fraction of sp³-hybridized carbons (Fsp3) is 0.231.